The van der Waals surface area contributed by atoms with E-state index in [-0.39, 0.29) is 11.9 Å². The average molecular weight is 291 g/mol. The van der Waals surface area contributed by atoms with Crippen molar-refractivity contribution in [3.8, 4) is 5.75 Å². The molecule has 0 amide bonds. The Balaban J connectivity index is 2.37. The maximum absolute atomic E-state index is 12.4. The molecule has 1 unspecified atom stereocenters. The number of benzene rings is 1. The first-order chi connectivity index (χ1) is 10.2. The minimum atomic E-state index is -0.289. The van der Waals surface area contributed by atoms with Crippen LogP contribution >= 0.6 is 0 Å². The number of nitrogen functional groups attached to an aromatic ring is 1. The number of carbonyl (C=O) groups excluding carboxylic acids is 1. The van der Waals surface area contributed by atoms with E-state index in [1.807, 2.05) is 18.2 Å². The molecule has 1 aromatic rings. The van der Waals surface area contributed by atoms with Gasteiger partial charge in [0, 0.05) is 0 Å². The van der Waals surface area contributed by atoms with Crippen LogP contribution in [0.5, 0.6) is 5.75 Å². The van der Waals surface area contributed by atoms with Gasteiger partial charge in [0.25, 0.3) is 0 Å². The molecule has 116 valence electrons. The van der Waals surface area contributed by atoms with Crippen molar-refractivity contribution in [2.45, 2.75) is 44.4 Å². The van der Waals surface area contributed by atoms with E-state index in [9.17, 15) is 4.79 Å². The molecule has 0 saturated heterocycles. The van der Waals surface area contributed by atoms with E-state index in [1.165, 1.54) is 32.8 Å². The Morgan fingerprint density at radius 2 is 1.86 bits per heavy atom. The Bertz CT molecular complexity index is 479. The first-order valence-electron chi connectivity index (χ1n) is 7.69. The Hall–Kier alpha value is -1.71. The topological polar surface area (TPSA) is 61.5 Å². The molecule has 21 heavy (non-hydrogen) atoms. The van der Waals surface area contributed by atoms with E-state index in [0.717, 1.165) is 18.4 Å². The molecule has 4 nitrogen and oxygen atoms in total. The minimum absolute atomic E-state index is 0.193. The average Bonchev–Trinajstić information content (AvgIpc) is 2.78. The monoisotopic (exact) mass is 291 g/mol. The van der Waals surface area contributed by atoms with Gasteiger partial charge in [0.15, 0.2) is 0 Å². The summed E-state index contributed by atoms with van der Waals surface area (Å²) in [5.41, 5.74) is 7.60. The van der Waals surface area contributed by atoms with Crippen LogP contribution in [0.25, 0.3) is 0 Å². The SMILES string of the molecule is COC(=O)C(c1cccc(OC)c1N)C1CCCCCC1. The lowest BCUT2D eigenvalue weighted by Gasteiger charge is -2.26. The highest BCUT2D eigenvalue weighted by atomic mass is 16.5. The summed E-state index contributed by atoms with van der Waals surface area (Å²) in [6.07, 6.45) is 6.94. The Morgan fingerprint density at radius 3 is 2.43 bits per heavy atom. The van der Waals surface area contributed by atoms with Gasteiger partial charge >= 0.3 is 5.97 Å². The molecule has 0 heterocycles. The van der Waals surface area contributed by atoms with Gasteiger partial charge in [-0.05, 0) is 30.4 Å². The Labute approximate surface area is 126 Å². The van der Waals surface area contributed by atoms with E-state index in [4.69, 9.17) is 15.2 Å². The lowest BCUT2D eigenvalue weighted by atomic mass is 9.80. The van der Waals surface area contributed by atoms with Gasteiger partial charge in [-0.1, -0.05) is 37.8 Å². The van der Waals surface area contributed by atoms with Gasteiger partial charge in [-0.15, -0.1) is 0 Å². The third-order valence-electron chi connectivity index (χ3n) is 4.48. The Kier molecular flexibility index (Phi) is 5.48. The number of para-hydroxylation sites is 1. The molecule has 1 aliphatic carbocycles. The van der Waals surface area contributed by atoms with Crippen molar-refractivity contribution in [1.29, 1.82) is 0 Å². The fraction of sp³-hybridized carbons (Fsp3) is 0.588. The van der Waals surface area contributed by atoms with Gasteiger partial charge < -0.3 is 15.2 Å². The van der Waals surface area contributed by atoms with Gasteiger partial charge in [0.1, 0.15) is 5.75 Å². The van der Waals surface area contributed by atoms with E-state index in [0.29, 0.717) is 17.4 Å². The lowest BCUT2D eigenvalue weighted by Crippen LogP contribution is -2.24. The molecule has 1 atom stereocenters. The predicted octanol–water partition coefficient (Wildman–Crippen LogP) is 3.50. The lowest BCUT2D eigenvalue weighted by molar-refractivity contribution is -0.144. The molecule has 4 heteroatoms. The van der Waals surface area contributed by atoms with E-state index in [1.54, 1.807) is 7.11 Å². The molecule has 2 N–H and O–H groups in total. The first-order valence-corrected chi connectivity index (χ1v) is 7.69. The van der Waals surface area contributed by atoms with Crippen molar-refractivity contribution in [2.24, 2.45) is 5.92 Å². The molecule has 0 spiro atoms. The van der Waals surface area contributed by atoms with Crippen LogP contribution < -0.4 is 10.5 Å². The minimum Gasteiger partial charge on any atom is -0.495 e. The number of hydrogen-bond acceptors (Lipinski definition) is 4. The molecule has 0 bridgehead atoms. The standard InChI is InChI=1S/C17H25NO3/c1-20-14-11-7-10-13(16(14)18)15(17(19)21-2)12-8-5-3-4-6-9-12/h7,10-12,15H,3-6,8-9,18H2,1-2H3. The summed E-state index contributed by atoms with van der Waals surface area (Å²) in [7, 11) is 3.04. The summed E-state index contributed by atoms with van der Waals surface area (Å²) >= 11 is 0. The van der Waals surface area contributed by atoms with Gasteiger partial charge in [-0.25, -0.2) is 0 Å². The summed E-state index contributed by atoms with van der Waals surface area (Å²) in [6, 6.07) is 5.63. The Morgan fingerprint density at radius 1 is 1.19 bits per heavy atom. The van der Waals surface area contributed by atoms with Crippen LogP contribution in [0, 0.1) is 5.92 Å². The molecule has 1 aromatic carbocycles. The molecular formula is C17H25NO3. The highest BCUT2D eigenvalue weighted by Crippen LogP contribution is 2.40. The van der Waals surface area contributed by atoms with Gasteiger partial charge in [0.05, 0.1) is 25.8 Å². The molecule has 1 fully saturated rings. The van der Waals surface area contributed by atoms with Gasteiger partial charge in [-0.2, -0.15) is 0 Å². The predicted molar refractivity (Wildman–Crippen MR) is 83.4 cm³/mol. The van der Waals surface area contributed by atoms with Crippen molar-refractivity contribution < 1.29 is 14.3 Å². The summed E-state index contributed by atoms with van der Waals surface area (Å²) in [6.45, 7) is 0. The summed E-state index contributed by atoms with van der Waals surface area (Å²) in [4.78, 5) is 12.4. The second kappa shape index (κ2) is 7.34. The molecule has 1 aliphatic rings. The highest BCUT2D eigenvalue weighted by Gasteiger charge is 2.33. The molecular weight excluding hydrogens is 266 g/mol. The maximum Gasteiger partial charge on any atom is 0.313 e. The number of nitrogens with two attached hydrogens (primary N) is 1. The second-order valence-electron chi connectivity index (χ2n) is 5.72. The number of rotatable bonds is 4. The van der Waals surface area contributed by atoms with E-state index < -0.39 is 0 Å². The zero-order valence-corrected chi connectivity index (χ0v) is 12.9. The third kappa shape index (κ3) is 3.49. The van der Waals surface area contributed by atoms with Crippen molar-refractivity contribution in [3.63, 3.8) is 0 Å². The molecule has 0 aromatic heterocycles. The van der Waals surface area contributed by atoms with E-state index >= 15 is 0 Å². The van der Waals surface area contributed by atoms with Crippen LogP contribution in [0.2, 0.25) is 0 Å². The number of hydrogen-bond donors (Lipinski definition) is 1. The van der Waals surface area contributed by atoms with Crippen LogP contribution in [-0.2, 0) is 9.53 Å². The summed E-state index contributed by atoms with van der Waals surface area (Å²) in [5.74, 6) is 0.439. The number of carbonyl (C=O) groups is 1. The zero-order chi connectivity index (χ0) is 15.2. The van der Waals surface area contributed by atoms with Gasteiger partial charge in [0.2, 0.25) is 0 Å². The number of anilines is 1. The quantitative estimate of drug-likeness (QED) is 0.524. The van der Waals surface area contributed by atoms with Crippen molar-refractivity contribution in [1.82, 2.24) is 0 Å². The van der Waals surface area contributed by atoms with Crippen LogP contribution in [-0.4, -0.2) is 20.2 Å². The summed E-state index contributed by atoms with van der Waals surface area (Å²) < 4.78 is 10.3. The number of esters is 1. The van der Waals surface area contributed by atoms with Crippen molar-refractivity contribution in [3.05, 3.63) is 23.8 Å². The van der Waals surface area contributed by atoms with Crippen LogP contribution in [0.3, 0.4) is 0 Å². The fourth-order valence-corrected chi connectivity index (χ4v) is 3.35. The van der Waals surface area contributed by atoms with E-state index in [2.05, 4.69) is 0 Å². The highest BCUT2D eigenvalue weighted by molar-refractivity contribution is 5.81. The largest absolute Gasteiger partial charge is 0.495 e. The normalized spacial score (nSPS) is 17.8. The maximum atomic E-state index is 12.4. The second-order valence-corrected chi connectivity index (χ2v) is 5.72. The van der Waals surface area contributed by atoms with Crippen LogP contribution in [0.1, 0.15) is 50.0 Å². The molecule has 0 aliphatic heterocycles. The molecule has 2 rings (SSSR count). The zero-order valence-electron chi connectivity index (χ0n) is 12.9. The van der Waals surface area contributed by atoms with Crippen LogP contribution in [0.15, 0.2) is 18.2 Å². The van der Waals surface area contributed by atoms with Crippen LogP contribution in [0.4, 0.5) is 5.69 Å². The fourth-order valence-electron chi connectivity index (χ4n) is 3.35. The molecule has 1 saturated carbocycles. The first kappa shape index (κ1) is 15.7. The van der Waals surface area contributed by atoms with Gasteiger partial charge in [-0.3, -0.25) is 4.79 Å². The smallest absolute Gasteiger partial charge is 0.313 e. The van der Waals surface area contributed by atoms with Crippen molar-refractivity contribution in [2.75, 3.05) is 20.0 Å². The summed E-state index contributed by atoms with van der Waals surface area (Å²) in [5, 5.41) is 0. The third-order valence-corrected chi connectivity index (χ3v) is 4.48. The van der Waals surface area contributed by atoms with Crippen molar-refractivity contribution >= 4 is 11.7 Å². The molecule has 0 radical (unpaired) electrons. The number of methoxy groups -OCH3 is 2. The number of ether oxygens (including phenoxy) is 2.